The molecule has 0 aliphatic carbocycles. The average Bonchev–Trinajstić information content (AvgIpc) is 3.38. The maximum atomic E-state index is 14.2. The zero-order valence-corrected chi connectivity index (χ0v) is 18.5. The topological polar surface area (TPSA) is 116 Å². The Bertz CT molecular complexity index is 1260. The Morgan fingerprint density at radius 2 is 1.89 bits per heavy atom. The summed E-state index contributed by atoms with van der Waals surface area (Å²) in [6, 6.07) is 0.111. The van der Waals surface area contributed by atoms with Crippen molar-refractivity contribution in [3.8, 4) is 22.9 Å². The lowest BCUT2D eigenvalue weighted by atomic mass is 10.2. The molecule has 17 heteroatoms. The molecule has 35 heavy (non-hydrogen) atoms. The maximum absolute atomic E-state index is 14.2. The number of alkyl halides is 6. The Kier molecular flexibility index (Phi) is 7.37. The lowest BCUT2D eigenvalue weighted by Crippen LogP contribution is -2.38. The van der Waals surface area contributed by atoms with Crippen molar-refractivity contribution in [1.29, 1.82) is 0 Å². The lowest BCUT2D eigenvalue weighted by Gasteiger charge is -2.22. The Morgan fingerprint density at radius 1 is 1.17 bits per heavy atom. The molecule has 3 aromatic heterocycles. The van der Waals surface area contributed by atoms with Gasteiger partial charge < -0.3 is 9.84 Å². The van der Waals surface area contributed by atoms with E-state index in [0.717, 1.165) is 10.9 Å². The minimum atomic E-state index is -4.94. The van der Waals surface area contributed by atoms with Gasteiger partial charge in [0.05, 0.1) is 30.6 Å². The van der Waals surface area contributed by atoms with Crippen molar-refractivity contribution in [2.75, 3.05) is 17.3 Å². The van der Waals surface area contributed by atoms with Crippen molar-refractivity contribution >= 4 is 15.7 Å². The van der Waals surface area contributed by atoms with E-state index in [-0.39, 0.29) is 17.1 Å². The van der Waals surface area contributed by atoms with Gasteiger partial charge in [-0.05, 0) is 12.5 Å². The summed E-state index contributed by atoms with van der Waals surface area (Å²) < 4.78 is 121. The fraction of sp³-hybridized carbons (Fsp3) is 0.444. The Hall–Kier alpha value is -3.24. The van der Waals surface area contributed by atoms with Crippen molar-refractivity contribution < 1.29 is 43.7 Å². The highest BCUT2D eigenvalue weighted by Crippen LogP contribution is 2.29. The first-order valence-corrected chi connectivity index (χ1v) is 11.8. The number of hydrogen-bond acceptors (Lipinski definition) is 8. The van der Waals surface area contributed by atoms with Crippen LogP contribution in [0.2, 0.25) is 0 Å². The maximum Gasteiger partial charge on any atom is 0.408 e. The molecule has 1 atom stereocenters. The van der Waals surface area contributed by atoms with Crippen molar-refractivity contribution in [3.63, 3.8) is 0 Å². The van der Waals surface area contributed by atoms with Gasteiger partial charge in [-0.3, -0.25) is 4.68 Å². The van der Waals surface area contributed by atoms with Gasteiger partial charge in [0.15, 0.2) is 17.5 Å². The number of anilines is 1. The molecule has 0 aromatic carbocycles. The highest BCUT2D eigenvalue weighted by atomic mass is 32.2. The molecular weight excluding hydrogens is 513 g/mol. The van der Waals surface area contributed by atoms with E-state index in [1.807, 2.05) is 5.32 Å². The zero-order valence-electron chi connectivity index (χ0n) is 17.7. The molecule has 0 saturated heterocycles. The van der Waals surface area contributed by atoms with Crippen LogP contribution in [0.4, 0.5) is 36.6 Å². The molecule has 1 unspecified atom stereocenters. The second-order valence-electron chi connectivity index (χ2n) is 7.44. The van der Waals surface area contributed by atoms with Gasteiger partial charge in [0.2, 0.25) is 0 Å². The first-order chi connectivity index (χ1) is 16.1. The number of sulfone groups is 1. The summed E-state index contributed by atoms with van der Waals surface area (Å²) in [7, 11) is -3.75. The second kappa shape index (κ2) is 9.79. The molecule has 1 N–H and O–H groups in total. The highest BCUT2D eigenvalue weighted by Gasteiger charge is 2.40. The molecule has 9 nitrogen and oxygen atoms in total. The third-order valence-electron chi connectivity index (χ3n) is 4.54. The van der Waals surface area contributed by atoms with Crippen LogP contribution in [-0.4, -0.2) is 63.7 Å². The average molecular weight is 530 g/mol. The monoisotopic (exact) mass is 530 g/mol. The van der Waals surface area contributed by atoms with Gasteiger partial charge in [0.25, 0.3) is 0 Å². The fourth-order valence-corrected chi connectivity index (χ4v) is 3.55. The molecule has 0 aliphatic rings. The number of aryl methyl sites for hydroxylation is 1. The van der Waals surface area contributed by atoms with E-state index in [2.05, 4.69) is 24.7 Å². The van der Waals surface area contributed by atoms with Crippen molar-refractivity contribution in [2.45, 2.75) is 37.8 Å². The quantitative estimate of drug-likeness (QED) is 0.415. The summed E-state index contributed by atoms with van der Waals surface area (Å²) in [6.45, 7) is -0.625. The van der Waals surface area contributed by atoms with Gasteiger partial charge >= 0.3 is 12.4 Å². The minimum absolute atomic E-state index is 0.0711. The third-order valence-corrected chi connectivity index (χ3v) is 5.52. The van der Waals surface area contributed by atoms with Crippen molar-refractivity contribution in [1.82, 2.24) is 24.9 Å². The van der Waals surface area contributed by atoms with Crippen LogP contribution in [0.25, 0.3) is 22.9 Å². The van der Waals surface area contributed by atoms with Crippen molar-refractivity contribution in [3.05, 3.63) is 30.4 Å². The number of halogens is 7. The van der Waals surface area contributed by atoms with Crippen LogP contribution in [0.3, 0.4) is 0 Å². The van der Waals surface area contributed by atoms with Crippen LogP contribution in [-0.2, 0) is 16.4 Å². The fourth-order valence-electron chi connectivity index (χ4n) is 2.89. The molecule has 192 valence electrons. The standard InChI is InChI=1S/C18H17F7N6O3S/c1-35(32,33)7-3-14(18(23,24)25)27-15-10(19)9-26-16(28-15)12-8-13(11-2-6-34-30-11)31(29-12)5-4-17(20,21)22/h2,6,8-9,14H,3-5,7H2,1H3,(H,26,27,28). The van der Waals surface area contributed by atoms with Gasteiger partial charge in [-0.2, -0.15) is 31.4 Å². The van der Waals surface area contributed by atoms with Gasteiger partial charge in [0, 0.05) is 12.3 Å². The van der Waals surface area contributed by atoms with Crippen LogP contribution in [0, 0.1) is 5.82 Å². The Labute approximate surface area is 193 Å². The SMILES string of the molecule is CS(=O)(=O)CCC(Nc1nc(-c2cc(-c3ccon3)n(CCC(F)(F)F)n2)ncc1F)C(F)(F)F. The van der Waals surface area contributed by atoms with E-state index in [4.69, 9.17) is 0 Å². The summed E-state index contributed by atoms with van der Waals surface area (Å²) in [4.78, 5) is 7.36. The van der Waals surface area contributed by atoms with E-state index < -0.39 is 70.8 Å². The van der Waals surface area contributed by atoms with Gasteiger partial charge in [-0.1, -0.05) is 5.16 Å². The van der Waals surface area contributed by atoms with Crippen LogP contribution in [0.5, 0.6) is 0 Å². The number of nitrogens with one attached hydrogen (secondary N) is 1. The smallest absolute Gasteiger partial charge is 0.364 e. The van der Waals surface area contributed by atoms with Crippen LogP contribution < -0.4 is 5.32 Å². The number of aromatic nitrogens is 5. The third kappa shape index (κ3) is 7.37. The summed E-state index contributed by atoms with van der Waals surface area (Å²) in [6.07, 6.45) is -9.13. The van der Waals surface area contributed by atoms with E-state index in [0.29, 0.717) is 6.20 Å². The van der Waals surface area contributed by atoms with Crippen molar-refractivity contribution in [2.24, 2.45) is 0 Å². The molecule has 0 saturated carbocycles. The number of nitrogens with zero attached hydrogens (tertiary/aromatic N) is 5. The van der Waals surface area contributed by atoms with Crippen LogP contribution >= 0.6 is 0 Å². The molecule has 0 amide bonds. The molecule has 0 spiro atoms. The highest BCUT2D eigenvalue weighted by molar-refractivity contribution is 7.90. The normalized spacial score (nSPS) is 13.7. The number of hydrogen-bond donors (Lipinski definition) is 1. The van der Waals surface area contributed by atoms with Crippen LogP contribution in [0.1, 0.15) is 12.8 Å². The summed E-state index contributed by atoms with van der Waals surface area (Å²) >= 11 is 0. The summed E-state index contributed by atoms with van der Waals surface area (Å²) in [5.41, 5.74) is 0.0129. The first kappa shape index (κ1) is 26.4. The molecule has 0 bridgehead atoms. The molecule has 3 rings (SSSR count). The summed E-state index contributed by atoms with van der Waals surface area (Å²) in [5, 5.41) is 9.44. The second-order valence-corrected chi connectivity index (χ2v) is 9.69. The predicted molar refractivity (Wildman–Crippen MR) is 107 cm³/mol. The van der Waals surface area contributed by atoms with E-state index in [1.54, 1.807) is 0 Å². The first-order valence-electron chi connectivity index (χ1n) is 9.71. The van der Waals surface area contributed by atoms with E-state index >= 15 is 0 Å². The Balaban J connectivity index is 1.95. The van der Waals surface area contributed by atoms with E-state index in [9.17, 15) is 39.2 Å². The predicted octanol–water partition coefficient (Wildman–Crippen LogP) is 3.86. The summed E-state index contributed by atoms with van der Waals surface area (Å²) in [5.74, 6) is -3.38. The van der Waals surface area contributed by atoms with Crippen LogP contribution in [0.15, 0.2) is 29.1 Å². The molecule has 0 aliphatic heterocycles. The van der Waals surface area contributed by atoms with Gasteiger partial charge in [-0.25, -0.2) is 22.8 Å². The molecule has 0 fully saturated rings. The lowest BCUT2D eigenvalue weighted by molar-refractivity contribution is -0.142. The molecule has 3 aromatic rings. The molecular formula is C18H17F7N6O3S. The largest absolute Gasteiger partial charge is 0.408 e. The number of rotatable bonds is 9. The zero-order chi connectivity index (χ0) is 26.0. The van der Waals surface area contributed by atoms with Gasteiger partial charge in [0.1, 0.15) is 33.5 Å². The minimum Gasteiger partial charge on any atom is -0.364 e. The van der Waals surface area contributed by atoms with E-state index in [1.165, 1.54) is 18.4 Å². The molecule has 0 radical (unpaired) electrons. The Morgan fingerprint density at radius 3 is 2.46 bits per heavy atom. The molecule has 3 heterocycles. The van der Waals surface area contributed by atoms with Gasteiger partial charge in [-0.15, -0.1) is 0 Å².